The molecule has 0 radical (unpaired) electrons. The van der Waals surface area contributed by atoms with E-state index in [9.17, 15) is 13.2 Å². The molecule has 3 aromatic carbocycles. The van der Waals surface area contributed by atoms with Gasteiger partial charge in [-0.15, -0.1) is 0 Å². The monoisotopic (exact) mass is 478 g/mol. The van der Waals surface area contributed by atoms with Crippen molar-refractivity contribution in [1.29, 1.82) is 0 Å². The van der Waals surface area contributed by atoms with Gasteiger partial charge in [-0.1, -0.05) is 48.5 Å². The van der Waals surface area contributed by atoms with E-state index in [1.807, 2.05) is 30.3 Å². The number of fused-ring (bicyclic) bond motifs is 1. The highest BCUT2D eigenvalue weighted by molar-refractivity contribution is 7.89. The van der Waals surface area contributed by atoms with Gasteiger partial charge >= 0.3 is 0 Å². The Morgan fingerprint density at radius 2 is 1.44 bits per heavy atom. The molecule has 1 amide bonds. The number of piperidine rings is 1. The molecule has 1 fully saturated rings. The fourth-order valence-electron chi connectivity index (χ4n) is 4.63. The van der Waals surface area contributed by atoms with Crippen LogP contribution in [0.1, 0.15) is 18.4 Å². The number of anilines is 1. The molecule has 8 heteroatoms. The maximum Gasteiger partial charge on any atom is 0.243 e. The smallest absolute Gasteiger partial charge is 0.243 e. The van der Waals surface area contributed by atoms with E-state index in [4.69, 9.17) is 9.47 Å². The number of hydrogen-bond acceptors (Lipinski definition) is 5. The van der Waals surface area contributed by atoms with Gasteiger partial charge in [0, 0.05) is 24.8 Å². The molecule has 0 spiro atoms. The highest BCUT2D eigenvalue weighted by Crippen LogP contribution is 2.39. The summed E-state index contributed by atoms with van der Waals surface area (Å²) in [6, 6.07) is 23.3. The number of ether oxygens (including phenoxy) is 2. The number of carbonyl (C=O) groups is 1. The number of carbonyl (C=O) groups excluding carboxylic acids is 1. The summed E-state index contributed by atoms with van der Waals surface area (Å²) in [4.78, 5) is 14.0. The third-order valence-corrected chi connectivity index (χ3v) is 8.43. The van der Waals surface area contributed by atoms with Crippen molar-refractivity contribution in [2.75, 3.05) is 31.6 Å². The van der Waals surface area contributed by atoms with Crippen LogP contribution in [0.25, 0.3) is 0 Å². The molecule has 34 heavy (non-hydrogen) atoms. The van der Waals surface area contributed by atoms with E-state index in [1.54, 1.807) is 48.5 Å². The lowest BCUT2D eigenvalue weighted by Crippen LogP contribution is -2.50. The van der Waals surface area contributed by atoms with Crippen molar-refractivity contribution < 1.29 is 22.7 Å². The largest absolute Gasteiger partial charge is 0.486 e. The summed E-state index contributed by atoms with van der Waals surface area (Å²) in [5.41, 5.74) is 0.641. The number of sulfonamides is 1. The Labute approximate surface area is 199 Å². The third kappa shape index (κ3) is 4.15. The Balaban J connectivity index is 1.40. The van der Waals surface area contributed by atoms with Gasteiger partial charge in [0.2, 0.25) is 15.9 Å². The van der Waals surface area contributed by atoms with Crippen LogP contribution in [-0.4, -0.2) is 44.9 Å². The molecule has 7 nitrogen and oxygen atoms in total. The van der Waals surface area contributed by atoms with E-state index in [1.165, 1.54) is 4.31 Å². The molecule has 0 bridgehead atoms. The minimum Gasteiger partial charge on any atom is -0.486 e. The van der Waals surface area contributed by atoms with E-state index >= 15 is 0 Å². The van der Waals surface area contributed by atoms with E-state index in [-0.39, 0.29) is 23.9 Å². The van der Waals surface area contributed by atoms with Gasteiger partial charge in [0.25, 0.3) is 0 Å². The van der Waals surface area contributed by atoms with E-state index in [0.29, 0.717) is 43.2 Å². The van der Waals surface area contributed by atoms with Crippen LogP contribution in [0.4, 0.5) is 5.69 Å². The summed E-state index contributed by atoms with van der Waals surface area (Å²) in [6.07, 6.45) is 0.749. The van der Waals surface area contributed by atoms with Crippen LogP contribution in [0.5, 0.6) is 11.5 Å². The van der Waals surface area contributed by atoms with Crippen LogP contribution in [0.3, 0.4) is 0 Å². The first kappa shape index (κ1) is 22.4. The number of hydrogen-bond donors (Lipinski definition) is 1. The van der Waals surface area contributed by atoms with Crippen LogP contribution < -0.4 is 14.8 Å². The predicted molar refractivity (Wildman–Crippen MR) is 129 cm³/mol. The second-order valence-electron chi connectivity index (χ2n) is 8.48. The quantitative estimate of drug-likeness (QED) is 0.603. The molecule has 2 aliphatic heterocycles. The molecular weight excluding hydrogens is 452 g/mol. The van der Waals surface area contributed by atoms with Gasteiger partial charge in [-0.25, -0.2) is 8.42 Å². The third-order valence-electron chi connectivity index (χ3n) is 6.52. The van der Waals surface area contributed by atoms with Crippen LogP contribution in [0.2, 0.25) is 0 Å². The molecule has 176 valence electrons. The minimum absolute atomic E-state index is 0.160. The average Bonchev–Trinajstić information content (AvgIpc) is 2.89. The molecule has 2 heterocycles. The Kier molecular flexibility index (Phi) is 6.02. The summed E-state index contributed by atoms with van der Waals surface area (Å²) < 4.78 is 39.0. The van der Waals surface area contributed by atoms with Crippen LogP contribution in [0, 0.1) is 0 Å². The Bertz CT molecular complexity index is 1270. The van der Waals surface area contributed by atoms with E-state index < -0.39 is 15.4 Å². The fourth-order valence-corrected chi connectivity index (χ4v) is 6.09. The topological polar surface area (TPSA) is 84.9 Å². The first-order valence-corrected chi connectivity index (χ1v) is 12.7. The summed E-state index contributed by atoms with van der Waals surface area (Å²) >= 11 is 0. The second kappa shape index (κ2) is 9.12. The van der Waals surface area contributed by atoms with Gasteiger partial charge < -0.3 is 14.8 Å². The SMILES string of the molecule is O=C(Nc1ccc2c(c1)OCCO2)C1(c2ccccc2)CCN(S(=O)(=O)c2ccccc2)CC1. The van der Waals surface area contributed by atoms with Gasteiger partial charge in [0.1, 0.15) is 13.2 Å². The second-order valence-corrected chi connectivity index (χ2v) is 10.4. The van der Waals surface area contributed by atoms with Crippen molar-refractivity contribution >= 4 is 21.6 Å². The molecule has 5 rings (SSSR count). The lowest BCUT2D eigenvalue weighted by molar-refractivity contribution is -0.123. The average molecular weight is 479 g/mol. The number of rotatable bonds is 5. The van der Waals surface area contributed by atoms with Crippen LogP contribution >= 0.6 is 0 Å². The van der Waals surface area contributed by atoms with Gasteiger partial charge in [-0.3, -0.25) is 4.79 Å². The number of nitrogens with zero attached hydrogens (tertiary/aromatic N) is 1. The number of nitrogens with one attached hydrogen (secondary N) is 1. The Morgan fingerprint density at radius 3 is 2.12 bits per heavy atom. The van der Waals surface area contributed by atoms with Crippen molar-refractivity contribution in [1.82, 2.24) is 4.31 Å². The van der Waals surface area contributed by atoms with Crippen molar-refractivity contribution in [3.63, 3.8) is 0 Å². The Morgan fingerprint density at radius 1 is 0.824 bits per heavy atom. The maximum atomic E-state index is 13.7. The molecule has 1 N–H and O–H groups in total. The predicted octanol–water partition coefficient (Wildman–Crippen LogP) is 3.82. The summed E-state index contributed by atoms with van der Waals surface area (Å²) in [6.45, 7) is 1.46. The molecule has 0 saturated carbocycles. The minimum atomic E-state index is -3.62. The summed E-state index contributed by atoms with van der Waals surface area (Å²) in [5.74, 6) is 1.09. The molecular formula is C26H26N2O5S. The maximum absolute atomic E-state index is 13.7. The highest BCUT2D eigenvalue weighted by atomic mass is 32.2. The first-order chi connectivity index (χ1) is 16.5. The highest BCUT2D eigenvalue weighted by Gasteiger charge is 2.45. The molecule has 1 saturated heterocycles. The van der Waals surface area contributed by atoms with E-state index in [0.717, 1.165) is 5.56 Å². The van der Waals surface area contributed by atoms with Gasteiger partial charge in [-0.2, -0.15) is 4.31 Å². The first-order valence-electron chi connectivity index (χ1n) is 11.3. The molecule has 0 aliphatic carbocycles. The van der Waals surface area contributed by atoms with Gasteiger partial charge in [0.15, 0.2) is 11.5 Å². The normalized spacial score (nSPS) is 17.6. The lowest BCUT2D eigenvalue weighted by atomic mass is 9.72. The van der Waals surface area contributed by atoms with Gasteiger partial charge in [-0.05, 0) is 42.7 Å². The zero-order chi connectivity index (χ0) is 23.6. The lowest BCUT2D eigenvalue weighted by Gasteiger charge is -2.40. The molecule has 2 aliphatic rings. The van der Waals surface area contributed by atoms with Crippen molar-refractivity contribution in [3.8, 4) is 11.5 Å². The standard InChI is InChI=1S/C26H26N2O5S/c29-25(27-21-11-12-23-24(19-21)33-18-17-32-23)26(20-7-3-1-4-8-20)13-15-28(16-14-26)34(30,31)22-9-5-2-6-10-22/h1-12,19H,13-18H2,(H,27,29). The zero-order valence-corrected chi connectivity index (χ0v) is 19.5. The summed E-state index contributed by atoms with van der Waals surface area (Å²) in [7, 11) is -3.62. The zero-order valence-electron chi connectivity index (χ0n) is 18.6. The number of benzene rings is 3. The van der Waals surface area contributed by atoms with Gasteiger partial charge in [0.05, 0.1) is 10.3 Å². The molecule has 0 unspecified atom stereocenters. The fraction of sp³-hybridized carbons (Fsp3) is 0.269. The number of amides is 1. The summed E-state index contributed by atoms with van der Waals surface area (Å²) in [5, 5.41) is 3.04. The molecule has 3 aromatic rings. The van der Waals surface area contributed by atoms with Crippen LogP contribution in [-0.2, 0) is 20.2 Å². The van der Waals surface area contributed by atoms with Crippen molar-refractivity contribution in [3.05, 3.63) is 84.4 Å². The van der Waals surface area contributed by atoms with Crippen molar-refractivity contribution in [2.45, 2.75) is 23.2 Å². The van der Waals surface area contributed by atoms with Crippen molar-refractivity contribution in [2.24, 2.45) is 0 Å². The van der Waals surface area contributed by atoms with E-state index in [2.05, 4.69) is 5.32 Å². The van der Waals surface area contributed by atoms with Crippen LogP contribution in [0.15, 0.2) is 83.8 Å². The Hall–Kier alpha value is -3.36. The molecule has 0 aromatic heterocycles. The molecule has 0 atom stereocenters.